The first-order chi connectivity index (χ1) is 10.6. The maximum absolute atomic E-state index is 12.3. The zero-order valence-corrected chi connectivity index (χ0v) is 13.0. The van der Waals surface area contributed by atoms with Crippen LogP contribution in [0.5, 0.6) is 5.75 Å². The molecular formula is C16H20N4O2. The minimum atomic E-state index is -0.304. The highest BCUT2D eigenvalue weighted by molar-refractivity contribution is 6.03. The topological polar surface area (TPSA) is 76.1 Å². The van der Waals surface area contributed by atoms with Crippen molar-refractivity contribution in [3.63, 3.8) is 0 Å². The van der Waals surface area contributed by atoms with Gasteiger partial charge in [-0.3, -0.25) is 4.79 Å². The van der Waals surface area contributed by atoms with Crippen LogP contribution in [-0.4, -0.2) is 28.5 Å². The molecule has 0 spiro atoms. The summed E-state index contributed by atoms with van der Waals surface area (Å²) in [6, 6.07) is 9.06. The maximum Gasteiger partial charge on any atom is 0.274 e. The lowest BCUT2D eigenvalue weighted by Crippen LogP contribution is -2.18. The van der Waals surface area contributed by atoms with E-state index in [1.165, 1.54) is 0 Å². The fourth-order valence-corrected chi connectivity index (χ4v) is 1.85. The van der Waals surface area contributed by atoms with Crippen molar-refractivity contribution in [2.45, 2.75) is 26.8 Å². The van der Waals surface area contributed by atoms with Crippen molar-refractivity contribution in [2.75, 3.05) is 17.2 Å². The molecule has 6 heteroatoms. The summed E-state index contributed by atoms with van der Waals surface area (Å²) in [5, 5.41) is 5.88. The van der Waals surface area contributed by atoms with Crippen LogP contribution in [0.2, 0.25) is 0 Å². The number of ether oxygens (including phenoxy) is 1. The third-order valence-corrected chi connectivity index (χ3v) is 2.74. The van der Waals surface area contributed by atoms with E-state index in [1.807, 2.05) is 39.0 Å². The first kappa shape index (κ1) is 15.8. The minimum absolute atomic E-state index is 0.192. The lowest BCUT2D eigenvalue weighted by atomic mass is 10.2. The highest BCUT2D eigenvalue weighted by Gasteiger charge is 2.12. The third kappa shape index (κ3) is 4.18. The molecule has 0 saturated heterocycles. The Morgan fingerprint density at radius 2 is 2.05 bits per heavy atom. The van der Waals surface area contributed by atoms with Gasteiger partial charge in [0.1, 0.15) is 11.4 Å². The molecule has 1 aromatic carbocycles. The van der Waals surface area contributed by atoms with Gasteiger partial charge in [0.2, 0.25) is 5.95 Å². The Labute approximate surface area is 129 Å². The molecule has 6 nitrogen and oxygen atoms in total. The Bertz CT molecular complexity index is 644. The fraction of sp³-hybridized carbons (Fsp3) is 0.312. The number of benzene rings is 1. The third-order valence-electron chi connectivity index (χ3n) is 2.74. The number of hydrogen-bond acceptors (Lipinski definition) is 5. The number of para-hydroxylation sites is 2. The predicted octanol–water partition coefficient (Wildman–Crippen LogP) is 2.95. The molecule has 0 aliphatic carbocycles. The second kappa shape index (κ2) is 7.40. The molecule has 1 heterocycles. The lowest BCUT2D eigenvalue weighted by molar-refractivity contribution is 0.102. The van der Waals surface area contributed by atoms with Gasteiger partial charge in [0.15, 0.2) is 0 Å². The quantitative estimate of drug-likeness (QED) is 0.857. The summed E-state index contributed by atoms with van der Waals surface area (Å²) in [4.78, 5) is 20.6. The number of rotatable bonds is 6. The van der Waals surface area contributed by atoms with E-state index < -0.39 is 0 Å². The summed E-state index contributed by atoms with van der Waals surface area (Å²) < 4.78 is 5.49. The van der Waals surface area contributed by atoms with Crippen LogP contribution in [0.15, 0.2) is 36.5 Å². The van der Waals surface area contributed by atoms with Gasteiger partial charge in [0.05, 0.1) is 12.3 Å². The number of aromatic nitrogens is 2. The van der Waals surface area contributed by atoms with Gasteiger partial charge in [0.25, 0.3) is 5.91 Å². The molecule has 1 amide bonds. The number of carbonyl (C=O) groups is 1. The van der Waals surface area contributed by atoms with Gasteiger partial charge in [-0.2, -0.15) is 0 Å². The van der Waals surface area contributed by atoms with Crippen molar-refractivity contribution in [3.8, 4) is 5.75 Å². The van der Waals surface area contributed by atoms with Crippen LogP contribution in [0.3, 0.4) is 0 Å². The Balaban J connectivity index is 2.15. The van der Waals surface area contributed by atoms with Gasteiger partial charge in [-0.15, -0.1) is 0 Å². The Hall–Kier alpha value is -2.63. The molecule has 1 aromatic heterocycles. The molecule has 22 heavy (non-hydrogen) atoms. The molecule has 0 radical (unpaired) electrons. The van der Waals surface area contributed by atoms with Crippen LogP contribution in [0.1, 0.15) is 31.3 Å². The van der Waals surface area contributed by atoms with Crippen molar-refractivity contribution in [3.05, 3.63) is 42.2 Å². The van der Waals surface area contributed by atoms with Crippen molar-refractivity contribution in [1.29, 1.82) is 0 Å². The van der Waals surface area contributed by atoms with Crippen LogP contribution in [-0.2, 0) is 0 Å². The van der Waals surface area contributed by atoms with Crippen molar-refractivity contribution >= 4 is 17.5 Å². The molecule has 0 fully saturated rings. The fourth-order valence-electron chi connectivity index (χ4n) is 1.85. The van der Waals surface area contributed by atoms with Crippen LogP contribution in [0, 0.1) is 0 Å². The average molecular weight is 300 g/mol. The van der Waals surface area contributed by atoms with Crippen molar-refractivity contribution in [1.82, 2.24) is 9.97 Å². The molecular weight excluding hydrogens is 280 g/mol. The van der Waals surface area contributed by atoms with E-state index in [4.69, 9.17) is 4.74 Å². The summed E-state index contributed by atoms with van der Waals surface area (Å²) in [7, 11) is 0. The first-order valence-corrected chi connectivity index (χ1v) is 7.23. The number of nitrogens with one attached hydrogen (secondary N) is 2. The molecule has 2 rings (SSSR count). The van der Waals surface area contributed by atoms with Gasteiger partial charge in [-0.25, -0.2) is 9.97 Å². The van der Waals surface area contributed by atoms with Crippen LogP contribution < -0.4 is 15.4 Å². The van der Waals surface area contributed by atoms with Gasteiger partial charge in [0, 0.05) is 12.2 Å². The number of amides is 1. The molecule has 0 aliphatic rings. The molecule has 2 N–H and O–H groups in total. The first-order valence-electron chi connectivity index (χ1n) is 7.23. The van der Waals surface area contributed by atoms with Gasteiger partial charge in [-0.05, 0) is 39.0 Å². The SMILES string of the molecule is CCOc1ccccc1NC(=O)c1ccnc(NC(C)C)n1. The van der Waals surface area contributed by atoms with E-state index >= 15 is 0 Å². The van der Waals surface area contributed by atoms with Crippen LogP contribution in [0.25, 0.3) is 0 Å². The Morgan fingerprint density at radius 3 is 2.77 bits per heavy atom. The van der Waals surface area contributed by atoms with Crippen LogP contribution >= 0.6 is 0 Å². The Morgan fingerprint density at radius 1 is 1.27 bits per heavy atom. The predicted molar refractivity (Wildman–Crippen MR) is 86.4 cm³/mol. The number of nitrogens with zero attached hydrogens (tertiary/aromatic N) is 2. The van der Waals surface area contributed by atoms with E-state index in [1.54, 1.807) is 18.3 Å². The maximum atomic E-state index is 12.3. The standard InChI is InChI=1S/C16H20N4O2/c1-4-22-14-8-6-5-7-12(14)19-15(21)13-9-10-17-16(20-13)18-11(2)3/h5-11H,4H2,1-3H3,(H,19,21)(H,17,18,20). The highest BCUT2D eigenvalue weighted by Crippen LogP contribution is 2.24. The summed E-state index contributed by atoms with van der Waals surface area (Å²) in [5.41, 5.74) is 0.913. The molecule has 0 aliphatic heterocycles. The molecule has 0 unspecified atom stereocenters. The summed E-state index contributed by atoms with van der Waals surface area (Å²) >= 11 is 0. The van der Waals surface area contributed by atoms with E-state index in [-0.39, 0.29) is 11.9 Å². The largest absolute Gasteiger partial charge is 0.492 e. The van der Waals surface area contributed by atoms with Crippen LogP contribution in [0.4, 0.5) is 11.6 Å². The lowest BCUT2D eigenvalue weighted by Gasteiger charge is -2.12. The summed E-state index contributed by atoms with van der Waals surface area (Å²) in [5.74, 6) is 0.759. The normalized spacial score (nSPS) is 10.4. The molecule has 0 bridgehead atoms. The smallest absolute Gasteiger partial charge is 0.274 e. The molecule has 0 atom stereocenters. The van der Waals surface area contributed by atoms with Crippen molar-refractivity contribution in [2.24, 2.45) is 0 Å². The number of anilines is 2. The monoisotopic (exact) mass is 300 g/mol. The summed E-state index contributed by atoms with van der Waals surface area (Å²) in [6.07, 6.45) is 1.56. The Kier molecular flexibility index (Phi) is 5.30. The van der Waals surface area contributed by atoms with Gasteiger partial charge >= 0.3 is 0 Å². The van der Waals surface area contributed by atoms with Crippen molar-refractivity contribution < 1.29 is 9.53 Å². The molecule has 0 saturated carbocycles. The van der Waals surface area contributed by atoms with E-state index in [0.717, 1.165) is 0 Å². The molecule has 116 valence electrons. The van der Waals surface area contributed by atoms with E-state index in [2.05, 4.69) is 20.6 Å². The van der Waals surface area contributed by atoms with E-state index in [0.29, 0.717) is 29.7 Å². The van der Waals surface area contributed by atoms with E-state index in [9.17, 15) is 4.79 Å². The second-order valence-corrected chi connectivity index (χ2v) is 4.95. The average Bonchev–Trinajstić information content (AvgIpc) is 2.49. The van der Waals surface area contributed by atoms with Gasteiger partial charge in [-0.1, -0.05) is 12.1 Å². The summed E-state index contributed by atoms with van der Waals surface area (Å²) in [6.45, 7) is 6.39. The zero-order chi connectivity index (χ0) is 15.9. The number of carbonyl (C=O) groups excluding carboxylic acids is 1. The zero-order valence-electron chi connectivity index (χ0n) is 13.0. The second-order valence-electron chi connectivity index (χ2n) is 4.95. The molecule has 2 aromatic rings. The number of hydrogen-bond donors (Lipinski definition) is 2. The van der Waals surface area contributed by atoms with Gasteiger partial charge < -0.3 is 15.4 Å². The highest BCUT2D eigenvalue weighted by atomic mass is 16.5. The minimum Gasteiger partial charge on any atom is -0.492 e.